The first-order valence-electron chi connectivity index (χ1n) is 5.01. The smallest absolute Gasteiger partial charge is 0.238 e. The van der Waals surface area contributed by atoms with Crippen molar-refractivity contribution in [1.82, 2.24) is 4.98 Å². The van der Waals surface area contributed by atoms with Crippen LogP contribution in [0.1, 0.15) is 0 Å². The minimum absolute atomic E-state index is 0.0731. The number of sulfonamides is 1. The van der Waals surface area contributed by atoms with Crippen molar-refractivity contribution < 1.29 is 8.42 Å². The van der Waals surface area contributed by atoms with E-state index in [0.29, 0.717) is 16.5 Å². The quantitative estimate of drug-likeness (QED) is 0.748. The molecule has 1 heterocycles. The van der Waals surface area contributed by atoms with E-state index >= 15 is 0 Å². The number of thiol groups is 1. The number of pyridine rings is 1. The number of nitrogens with two attached hydrogens (primary N) is 1. The molecular formula is C11H11N3O2S2. The van der Waals surface area contributed by atoms with Gasteiger partial charge in [-0.3, -0.25) is 0 Å². The number of hydrogen-bond acceptors (Lipinski definition) is 5. The number of benzene rings is 1. The van der Waals surface area contributed by atoms with Crippen LogP contribution in [0.3, 0.4) is 0 Å². The van der Waals surface area contributed by atoms with Crippen molar-refractivity contribution >= 4 is 34.2 Å². The highest BCUT2D eigenvalue weighted by Crippen LogP contribution is 2.17. The van der Waals surface area contributed by atoms with E-state index in [1.54, 1.807) is 24.3 Å². The van der Waals surface area contributed by atoms with Crippen LogP contribution in [-0.4, -0.2) is 13.4 Å². The second-order valence-electron chi connectivity index (χ2n) is 3.58. The molecule has 0 aliphatic carbocycles. The highest BCUT2D eigenvalue weighted by molar-refractivity contribution is 7.89. The highest BCUT2D eigenvalue weighted by Gasteiger charge is 2.06. The van der Waals surface area contributed by atoms with Crippen molar-refractivity contribution in [3.05, 3.63) is 42.5 Å². The molecule has 2 aromatic rings. The van der Waals surface area contributed by atoms with Gasteiger partial charge in [-0.05, 0) is 36.4 Å². The van der Waals surface area contributed by atoms with Gasteiger partial charge in [-0.25, -0.2) is 18.5 Å². The molecule has 0 atom stereocenters. The first-order chi connectivity index (χ1) is 8.45. The number of aromatic nitrogens is 1. The lowest BCUT2D eigenvalue weighted by Gasteiger charge is -2.06. The van der Waals surface area contributed by atoms with Crippen molar-refractivity contribution in [2.45, 2.75) is 9.92 Å². The van der Waals surface area contributed by atoms with E-state index in [1.807, 2.05) is 6.07 Å². The molecule has 0 unspecified atom stereocenters. The molecule has 1 aromatic heterocycles. The molecule has 7 heteroatoms. The first-order valence-corrected chi connectivity index (χ1v) is 7.00. The van der Waals surface area contributed by atoms with E-state index in [9.17, 15) is 8.42 Å². The lowest BCUT2D eigenvalue weighted by Crippen LogP contribution is -2.11. The molecule has 1 aromatic carbocycles. The number of primary sulfonamides is 1. The van der Waals surface area contributed by atoms with Crippen LogP contribution in [-0.2, 0) is 10.0 Å². The third kappa shape index (κ3) is 3.22. The molecule has 0 amide bonds. The predicted molar refractivity (Wildman–Crippen MR) is 72.6 cm³/mol. The molecule has 2 rings (SSSR count). The van der Waals surface area contributed by atoms with Crippen molar-refractivity contribution in [2.75, 3.05) is 5.32 Å². The molecule has 3 N–H and O–H groups in total. The Labute approximate surface area is 111 Å². The second kappa shape index (κ2) is 4.97. The number of nitrogens with one attached hydrogen (secondary N) is 1. The summed E-state index contributed by atoms with van der Waals surface area (Å²) in [7, 11) is -3.65. The van der Waals surface area contributed by atoms with Crippen LogP contribution in [0.2, 0.25) is 0 Å². The Kier molecular flexibility index (Phi) is 3.55. The molecule has 18 heavy (non-hydrogen) atoms. The minimum Gasteiger partial charge on any atom is -0.340 e. The summed E-state index contributed by atoms with van der Waals surface area (Å²) >= 11 is 4.13. The molecular weight excluding hydrogens is 270 g/mol. The lowest BCUT2D eigenvalue weighted by atomic mass is 10.3. The van der Waals surface area contributed by atoms with Crippen molar-refractivity contribution in [3.63, 3.8) is 0 Å². The Morgan fingerprint density at radius 2 is 1.78 bits per heavy atom. The van der Waals surface area contributed by atoms with E-state index < -0.39 is 10.0 Å². The highest BCUT2D eigenvalue weighted by atomic mass is 32.2. The van der Waals surface area contributed by atoms with Gasteiger partial charge in [-0.15, -0.1) is 12.6 Å². The zero-order valence-electron chi connectivity index (χ0n) is 9.24. The summed E-state index contributed by atoms with van der Waals surface area (Å²) in [5, 5.41) is 8.63. The Balaban J connectivity index is 2.21. The third-order valence-corrected chi connectivity index (χ3v) is 3.37. The topological polar surface area (TPSA) is 85.1 Å². The van der Waals surface area contributed by atoms with Gasteiger partial charge in [-0.2, -0.15) is 0 Å². The first kappa shape index (κ1) is 12.9. The summed E-state index contributed by atoms with van der Waals surface area (Å²) < 4.78 is 22.2. The van der Waals surface area contributed by atoms with Crippen LogP contribution in [0.15, 0.2) is 52.4 Å². The Morgan fingerprint density at radius 1 is 1.11 bits per heavy atom. The molecule has 0 saturated heterocycles. The van der Waals surface area contributed by atoms with Gasteiger partial charge >= 0.3 is 0 Å². The lowest BCUT2D eigenvalue weighted by molar-refractivity contribution is 0.598. The maximum Gasteiger partial charge on any atom is 0.238 e. The zero-order valence-corrected chi connectivity index (χ0v) is 10.9. The maximum absolute atomic E-state index is 11.1. The van der Waals surface area contributed by atoms with E-state index in [2.05, 4.69) is 22.9 Å². The van der Waals surface area contributed by atoms with Gasteiger partial charge in [0.15, 0.2) is 0 Å². The van der Waals surface area contributed by atoms with Gasteiger partial charge in [0.25, 0.3) is 0 Å². The molecule has 0 fully saturated rings. The Hall–Kier alpha value is -1.57. The SMILES string of the molecule is NS(=O)(=O)c1ccc(Nc2cccc(S)n2)cc1. The summed E-state index contributed by atoms with van der Waals surface area (Å²) in [4.78, 5) is 4.22. The predicted octanol–water partition coefficient (Wildman–Crippen LogP) is 1.76. The fourth-order valence-corrected chi connectivity index (χ4v) is 2.08. The van der Waals surface area contributed by atoms with Gasteiger partial charge in [0, 0.05) is 5.69 Å². The van der Waals surface area contributed by atoms with Gasteiger partial charge < -0.3 is 5.32 Å². The summed E-state index contributed by atoms with van der Waals surface area (Å²) in [6.07, 6.45) is 0. The summed E-state index contributed by atoms with van der Waals surface area (Å²) in [5.74, 6) is 0.630. The number of nitrogens with zero attached hydrogens (tertiary/aromatic N) is 1. The molecule has 0 spiro atoms. The van der Waals surface area contributed by atoms with Crippen molar-refractivity contribution in [2.24, 2.45) is 5.14 Å². The maximum atomic E-state index is 11.1. The van der Waals surface area contributed by atoms with Crippen LogP contribution in [0, 0.1) is 0 Å². The third-order valence-electron chi connectivity index (χ3n) is 2.19. The number of anilines is 2. The molecule has 94 valence electrons. The van der Waals surface area contributed by atoms with Crippen molar-refractivity contribution in [3.8, 4) is 0 Å². The Bertz CT molecular complexity index is 654. The summed E-state index contributed by atoms with van der Waals surface area (Å²) in [6.45, 7) is 0. The van der Waals surface area contributed by atoms with Crippen molar-refractivity contribution in [1.29, 1.82) is 0 Å². The minimum atomic E-state index is -3.65. The average Bonchev–Trinajstić information content (AvgIpc) is 2.28. The normalized spacial score (nSPS) is 11.2. The van der Waals surface area contributed by atoms with Gasteiger partial charge in [0.05, 0.1) is 9.92 Å². The van der Waals surface area contributed by atoms with Gasteiger partial charge in [0.1, 0.15) is 5.82 Å². The van der Waals surface area contributed by atoms with E-state index in [-0.39, 0.29) is 4.90 Å². The monoisotopic (exact) mass is 281 g/mol. The molecule has 0 aliphatic heterocycles. The fraction of sp³-hybridized carbons (Fsp3) is 0. The van der Waals surface area contributed by atoms with Crippen LogP contribution < -0.4 is 10.5 Å². The number of rotatable bonds is 3. The van der Waals surface area contributed by atoms with Gasteiger partial charge in [-0.1, -0.05) is 6.07 Å². The second-order valence-corrected chi connectivity index (χ2v) is 5.60. The standard InChI is InChI=1S/C11H11N3O2S2/c12-18(15,16)9-6-4-8(5-7-9)13-10-2-1-3-11(17)14-10/h1-7H,(H2,12,15,16)(H2,13,14,17). The van der Waals surface area contributed by atoms with E-state index in [0.717, 1.165) is 0 Å². The molecule has 0 bridgehead atoms. The van der Waals surface area contributed by atoms with Gasteiger partial charge in [0.2, 0.25) is 10.0 Å². The van der Waals surface area contributed by atoms with E-state index in [1.165, 1.54) is 12.1 Å². The summed E-state index contributed by atoms with van der Waals surface area (Å²) in [5.41, 5.74) is 0.717. The molecule has 5 nitrogen and oxygen atoms in total. The molecule has 0 aliphatic rings. The van der Waals surface area contributed by atoms with Crippen LogP contribution in [0.25, 0.3) is 0 Å². The average molecular weight is 281 g/mol. The zero-order chi connectivity index (χ0) is 13.2. The fourth-order valence-electron chi connectivity index (χ4n) is 1.37. The van der Waals surface area contributed by atoms with Crippen LogP contribution in [0.5, 0.6) is 0 Å². The Morgan fingerprint density at radius 3 is 2.33 bits per heavy atom. The summed E-state index contributed by atoms with van der Waals surface area (Å²) in [6, 6.07) is 11.5. The van der Waals surface area contributed by atoms with Crippen LogP contribution in [0.4, 0.5) is 11.5 Å². The number of hydrogen-bond donors (Lipinski definition) is 3. The molecule has 0 saturated carbocycles. The molecule has 0 radical (unpaired) electrons. The van der Waals surface area contributed by atoms with Crippen LogP contribution >= 0.6 is 12.6 Å². The van der Waals surface area contributed by atoms with E-state index in [4.69, 9.17) is 5.14 Å². The largest absolute Gasteiger partial charge is 0.340 e.